The molecule has 2 unspecified atom stereocenters. The molecule has 1 aromatic carbocycles. The number of hydrogen-bond acceptors (Lipinski definition) is 3. The van der Waals surface area contributed by atoms with Gasteiger partial charge < -0.3 is 10.4 Å². The average Bonchev–Trinajstić information content (AvgIpc) is 2.81. The molecule has 2 nitrogen and oxygen atoms in total. The van der Waals surface area contributed by atoms with Crippen molar-refractivity contribution in [3.63, 3.8) is 0 Å². The van der Waals surface area contributed by atoms with Crippen molar-refractivity contribution >= 4 is 23.7 Å². The Morgan fingerprint density at radius 2 is 2.00 bits per heavy atom. The fourth-order valence-electron chi connectivity index (χ4n) is 2.73. The van der Waals surface area contributed by atoms with Crippen LogP contribution in [0.3, 0.4) is 0 Å². The molecule has 1 aromatic heterocycles. The average molecular weight is 310 g/mol. The molecule has 2 atom stereocenters. The zero-order valence-corrected chi connectivity index (χ0v) is 13.4. The summed E-state index contributed by atoms with van der Waals surface area (Å²) in [6.07, 6.45) is 1.06. The third-order valence-electron chi connectivity index (χ3n) is 3.71. The molecule has 0 aliphatic carbocycles. The molecule has 108 valence electrons. The predicted molar refractivity (Wildman–Crippen MR) is 86.8 cm³/mol. The van der Waals surface area contributed by atoms with Crippen LogP contribution in [0.5, 0.6) is 0 Å². The lowest BCUT2D eigenvalue weighted by Gasteiger charge is -2.29. The first kappa shape index (κ1) is 15.5. The number of thiophene rings is 1. The van der Waals surface area contributed by atoms with Crippen LogP contribution < -0.4 is 5.32 Å². The molecule has 0 fully saturated rings. The Morgan fingerprint density at radius 1 is 1.30 bits per heavy atom. The summed E-state index contributed by atoms with van der Waals surface area (Å²) in [6.45, 7) is 4.48. The van der Waals surface area contributed by atoms with Gasteiger partial charge in [0.05, 0.1) is 12.6 Å². The first-order valence-electron chi connectivity index (χ1n) is 6.72. The number of benzene rings is 1. The van der Waals surface area contributed by atoms with E-state index in [-0.39, 0.29) is 25.1 Å². The third kappa shape index (κ3) is 2.91. The first-order chi connectivity index (χ1) is 9.17. The van der Waals surface area contributed by atoms with E-state index in [0.29, 0.717) is 6.04 Å². The minimum atomic E-state index is 0. The van der Waals surface area contributed by atoms with Gasteiger partial charge in [-0.05, 0) is 37.5 Å². The second-order valence-corrected chi connectivity index (χ2v) is 6.59. The fraction of sp³-hybridized carbons (Fsp3) is 0.375. The van der Waals surface area contributed by atoms with E-state index in [2.05, 4.69) is 49.5 Å². The lowest BCUT2D eigenvalue weighted by atomic mass is 9.92. The smallest absolute Gasteiger partial charge is 0.0774 e. The van der Waals surface area contributed by atoms with Gasteiger partial charge >= 0.3 is 0 Å². The highest BCUT2D eigenvalue weighted by Gasteiger charge is 2.27. The lowest BCUT2D eigenvalue weighted by molar-refractivity contribution is 0.285. The van der Waals surface area contributed by atoms with E-state index in [1.54, 1.807) is 11.3 Å². The van der Waals surface area contributed by atoms with Gasteiger partial charge in [-0.25, -0.2) is 0 Å². The quantitative estimate of drug-likeness (QED) is 0.888. The second-order valence-electron chi connectivity index (χ2n) is 5.36. The molecule has 0 saturated heterocycles. The Bertz CT molecular complexity index is 579. The van der Waals surface area contributed by atoms with Gasteiger partial charge in [0.15, 0.2) is 0 Å². The molecule has 1 aliphatic rings. The maximum absolute atomic E-state index is 9.34. The van der Waals surface area contributed by atoms with E-state index in [9.17, 15) is 5.11 Å². The van der Waals surface area contributed by atoms with Crippen molar-refractivity contribution in [2.24, 2.45) is 0 Å². The largest absolute Gasteiger partial charge is 0.391 e. The van der Waals surface area contributed by atoms with Crippen molar-refractivity contribution in [2.75, 3.05) is 0 Å². The maximum atomic E-state index is 9.34. The number of halogens is 1. The molecule has 3 rings (SSSR count). The van der Waals surface area contributed by atoms with Crippen LogP contribution in [-0.4, -0.2) is 11.1 Å². The lowest BCUT2D eigenvalue weighted by Crippen LogP contribution is -2.37. The van der Waals surface area contributed by atoms with Crippen LogP contribution in [0.4, 0.5) is 0 Å². The molecule has 2 aromatic rings. The number of rotatable bonds is 2. The Kier molecular flexibility index (Phi) is 4.86. The van der Waals surface area contributed by atoms with E-state index >= 15 is 0 Å². The Hall–Kier alpha value is -0.870. The van der Waals surface area contributed by atoms with Gasteiger partial charge in [-0.2, -0.15) is 0 Å². The monoisotopic (exact) mass is 309 g/mol. The van der Waals surface area contributed by atoms with Gasteiger partial charge in [0.25, 0.3) is 0 Å². The summed E-state index contributed by atoms with van der Waals surface area (Å²) < 4.78 is 0. The van der Waals surface area contributed by atoms with E-state index in [1.165, 1.54) is 21.6 Å². The summed E-state index contributed by atoms with van der Waals surface area (Å²) in [5.41, 5.74) is 3.94. The summed E-state index contributed by atoms with van der Waals surface area (Å²) in [5, 5.41) is 13.0. The molecule has 0 amide bonds. The minimum Gasteiger partial charge on any atom is -0.391 e. The molecule has 1 aliphatic heterocycles. The SMILES string of the molecule is Cc1ccc(C2NC(C)Cc3sc(CO)cc32)cc1.Cl. The van der Waals surface area contributed by atoms with E-state index in [1.807, 2.05) is 0 Å². The zero-order chi connectivity index (χ0) is 13.4. The van der Waals surface area contributed by atoms with Crippen LogP contribution in [-0.2, 0) is 13.0 Å². The number of nitrogens with one attached hydrogen (secondary N) is 1. The number of aryl methyl sites for hydroxylation is 1. The Balaban J connectivity index is 0.00000147. The zero-order valence-electron chi connectivity index (χ0n) is 11.7. The molecule has 0 bridgehead atoms. The third-order valence-corrected chi connectivity index (χ3v) is 4.87. The Labute approximate surface area is 130 Å². The van der Waals surface area contributed by atoms with Crippen molar-refractivity contribution in [1.29, 1.82) is 0 Å². The molecular weight excluding hydrogens is 290 g/mol. The topological polar surface area (TPSA) is 32.3 Å². The van der Waals surface area contributed by atoms with Gasteiger partial charge in [-0.1, -0.05) is 29.8 Å². The summed E-state index contributed by atoms with van der Waals surface area (Å²) in [6, 6.07) is 11.6. The van der Waals surface area contributed by atoms with Crippen molar-refractivity contribution in [3.8, 4) is 0 Å². The number of aliphatic hydroxyl groups is 1. The highest BCUT2D eigenvalue weighted by atomic mass is 35.5. The molecule has 20 heavy (non-hydrogen) atoms. The van der Waals surface area contributed by atoms with Crippen molar-refractivity contribution in [1.82, 2.24) is 5.32 Å². The first-order valence-corrected chi connectivity index (χ1v) is 7.54. The molecule has 2 N–H and O–H groups in total. The molecule has 0 radical (unpaired) electrons. The number of fused-ring (bicyclic) bond motifs is 1. The van der Waals surface area contributed by atoms with Crippen LogP contribution in [0.15, 0.2) is 30.3 Å². The second kappa shape index (κ2) is 6.27. The summed E-state index contributed by atoms with van der Waals surface area (Å²) in [7, 11) is 0. The molecule has 0 spiro atoms. The normalized spacial score (nSPS) is 21.1. The van der Waals surface area contributed by atoms with E-state index in [0.717, 1.165) is 11.3 Å². The van der Waals surface area contributed by atoms with Gasteiger partial charge in [0.1, 0.15) is 0 Å². The number of hydrogen-bond donors (Lipinski definition) is 2. The highest BCUT2D eigenvalue weighted by molar-refractivity contribution is 7.12. The van der Waals surface area contributed by atoms with Crippen LogP contribution in [0, 0.1) is 6.92 Å². The highest BCUT2D eigenvalue weighted by Crippen LogP contribution is 2.36. The van der Waals surface area contributed by atoms with E-state index < -0.39 is 0 Å². The van der Waals surface area contributed by atoms with Crippen LogP contribution in [0.25, 0.3) is 0 Å². The standard InChI is InChI=1S/C16H19NOS.ClH/c1-10-3-5-12(6-4-10)16-14-8-13(9-18)19-15(14)7-11(2)17-16;/h3-6,8,11,16-18H,7,9H2,1-2H3;1H. The van der Waals surface area contributed by atoms with Gasteiger partial charge in [-0.15, -0.1) is 23.7 Å². The summed E-state index contributed by atoms with van der Waals surface area (Å²) >= 11 is 1.75. The number of aliphatic hydroxyl groups excluding tert-OH is 1. The van der Waals surface area contributed by atoms with Crippen LogP contribution in [0.2, 0.25) is 0 Å². The van der Waals surface area contributed by atoms with Gasteiger partial charge in [-0.3, -0.25) is 0 Å². The minimum absolute atomic E-state index is 0. The summed E-state index contributed by atoms with van der Waals surface area (Å²) in [5.74, 6) is 0. The van der Waals surface area contributed by atoms with E-state index in [4.69, 9.17) is 0 Å². The summed E-state index contributed by atoms with van der Waals surface area (Å²) in [4.78, 5) is 2.49. The molecular formula is C16H20ClNOS. The van der Waals surface area contributed by atoms with Gasteiger partial charge in [0.2, 0.25) is 0 Å². The van der Waals surface area contributed by atoms with Crippen LogP contribution >= 0.6 is 23.7 Å². The molecule has 4 heteroatoms. The molecule has 2 heterocycles. The van der Waals surface area contributed by atoms with Gasteiger partial charge in [0, 0.05) is 15.8 Å². The van der Waals surface area contributed by atoms with Crippen LogP contribution in [0.1, 0.15) is 39.4 Å². The maximum Gasteiger partial charge on any atom is 0.0774 e. The predicted octanol–water partition coefficient (Wildman–Crippen LogP) is 3.59. The van der Waals surface area contributed by atoms with Crippen molar-refractivity contribution in [3.05, 3.63) is 56.8 Å². The Morgan fingerprint density at radius 3 is 2.65 bits per heavy atom. The fourth-order valence-corrected chi connectivity index (χ4v) is 3.92. The van der Waals surface area contributed by atoms with Crippen molar-refractivity contribution in [2.45, 2.75) is 39.0 Å². The molecule has 0 saturated carbocycles. The van der Waals surface area contributed by atoms with Crippen molar-refractivity contribution < 1.29 is 5.11 Å².